The van der Waals surface area contributed by atoms with Crippen LogP contribution in [-0.2, 0) is 9.53 Å². The lowest BCUT2D eigenvalue weighted by atomic mass is 9.80. The smallest absolute Gasteiger partial charge is 0.178 e. The Balaban J connectivity index is 3.04. The van der Waals surface area contributed by atoms with E-state index in [1.807, 2.05) is 0 Å². The maximum atomic E-state index is 11.2. The van der Waals surface area contributed by atoms with Gasteiger partial charge in [-0.15, -0.1) is 0 Å². The van der Waals surface area contributed by atoms with E-state index in [1.54, 1.807) is 0 Å². The van der Waals surface area contributed by atoms with Crippen LogP contribution in [0.3, 0.4) is 0 Å². The number of ether oxygens (including phenoxy) is 1. The molecule has 5 atom stereocenters. The minimum absolute atomic E-state index is 0.711. The second kappa shape index (κ2) is 4.12. The van der Waals surface area contributed by atoms with Gasteiger partial charge < -0.3 is 30.9 Å². The molecule has 1 aliphatic heterocycles. The number of aliphatic hydroxyl groups is 4. The number of rotatable bonds is 2. The first-order chi connectivity index (χ1) is 6.85. The van der Waals surface area contributed by atoms with Crippen molar-refractivity contribution < 1.29 is 30.0 Å². The van der Waals surface area contributed by atoms with E-state index in [9.17, 15) is 20.1 Å². The van der Waals surface area contributed by atoms with Crippen molar-refractivity contribution in [2.24, 2.45) is 5.73 Å². The Hall–Kier alpha value is -0.570. The number of Topliss-reactive ketones (excluding diaryl/α,β-unsaturated/α-hetero) is 1. The van der Waals surface area contributed by atoms with Crippen molar-refractivity contribution in [3.8, 4) is 0 Å². The van der Waals surface area contributed by atoms with Gasteiger partial charge in [0, 0.05) is 0 Å². The molecular weight excluding hydrogens is 206 g/mol. The van der Waals surface area contributed by atoms with E-state index in [0.29, 0.717) is 0 Å². The summed E-state index contributed by atoms with van der Waals surface area (Å²) in [7, 11) is 0. The van der Waals surface area contributed by atoms with Crippen LogP contribution in [0.4, 0.5) is 0 Å². The first kappa shape index (κ1) is 12.5. The van der Waals surface area contributed by atoms with Crippen molar-refractivity contribution in [1.82, 2.24) is 0 Å². The molecule has 1 aliphatic rings. The van der Waals surface area contributed by atoms with Gasteiger partial charge in [-0.3, -0.25) is 4.79 Å². The Kier molecular flexibility index (Phi) is 3.44. The summed E-state index contributed by atoms with van der Waals surface area (Å²) in [5.41, 5.74) is 3.05. The summed E-state index contributed by atoms with van der Waals surface area (Å²) in [6.07, 6.45) is -4.60. The fraction of sp³-hybridized carbons (Fsp3) is 0.875. The van der Waals surface area contributed by atoms with Crippen molar-refractivity contribution in [3.05, 3.63) is 0 Å². The number of nitrogens with two attached hydrogens (primary N) is 1. The zero-order valence-corrected chi connectivity index (χ0v) is 8.20. The maximum Gasteiger partial charge on any atom is 0.178 e. The number of carbonyl (C=O) groups excluding carboxylic acids is 1. The Bertz CT molecular complexity index is 256. The number of aliphatic hydroxyl groups excluding tert-OH is 3. The molecule has 7 nitrogen and oxygen atoms in total. The third kappa shape index (κ3) is 1.78. The van der Waals surface area contributed by atoms with Crippen molar-refractivity contribution in [2.45, 2.75) is 37.1 Å². The SMILES string of the molecule is CC(=O)[C@@]1(O)[C@H](O)[C@@H](N)C(O)O[C@@H]1CO. The van der Waals surface area contributed by atoms with Gasteiger partial charge in [0.1, 0.15) is 12.2 Å². The Labute approximate surface area is 86.1 Å². The molecule has 0 aromatic carbocycles. The summed E-state index contributed by atoms with van der Waals surface area (Å²) in [4.78, 5) is 11.2. The first-order valence-electron chi connectivity index (χ1n) is 4.47. The van der Waals surface area contributed by atoms with Gasteiger partial charge in [-0.25, -0.2) is 0 Å². The molecule has 1 fully saturated rings. The summed E-state index contributed by atoms with van der Waals surface area (Å²) in [5.74, 6) is -0.781. The van der Waals surface area contributed by atoms with E-state index in [1.165, 1.54) is 0 Å². The molecule has 1 saturated heterocycles. The predicted octanol–water partition coefficient (Wildman–Crippen LogP) is -3.30. The lowest BCUT2D eigenvalue weighted by Crippen LogP contribution is -2.71. The quantitative estimate of drug-likeness (QED) is 0.330. The number of hydrogen-bond acceptors (Lipinski definition) is 7. The van der Waals surface area contributed by atoms with Crippen LogP contribution in [0, 0.1) is 0 Å². The molecule has 0 saturated carbocycles. The summed E-state index contributed by atoms with van der Waals surface area (Å²) < 4.78 is 4.74. The summed E-state index contributed by atoms with van der Waals surface area (Å²) in [6, 6.07) is -1.30. The molecule has 0 aromatic rings. The van der Waals surface area contributed by atoms with Crippen molar-refractivity contribution in [1.29, 1.82) is 0 Å². The fourth-order valence-corrected chi connectivity index (χ4v) is 1.62. The van der Waals surface area contributed by atoms with Gasteiger partial charge in [-0.1, -0.05) is 0 Å². The highest BCUT2D eigenvalue weighted by Gasteiger charge is 2.56. The van der Waals surface area contributed by atoms with Crippen LogP contribution in [0.1, 0.15) is 6.92 Å². The zero-order chi connectivity index (χ0) is 11.8. The molecule has 1 heterocycles. The average Bonchev–Trinajstić information content (AvgIpc) is 2.20. The van der Waals surface area contributed by atoms with E-state index in [4.69, 9.17) is 15.6 Å². The van der Waals surface area contributed by atoms with Crippen molar-refractivity contribution in [2.75, 3.05) is 6.61 Å². The summed E-state index contributed by atoms with van der Waals surface area (Å²) in [5, 5.41) is 37.6. The third-order valence-corrected chi connectivity index (χ3v) is 2.67. The number of hydrogen-bond donors (Lipinski definition) is 5. The van der Waals surface area contributed by atoms with E-state index in [-0.39, 0.29) is 0 Å². The second-order valence-corrected chi connectivity index (χ2v) is 3.60. The molecule has 0 amide bonds. The van der Waals surface area contributed by atoms with Gasteiger partial charge in [-0.2, -0.15) is 0 Å². The molecule has 1 unspecified atom stereocenters. The molecule has 6 N–H and O–H groups in total. The van der Waals surface area contributed by atoms with Crippen LogP contribution in [0.25, 0.3) is 0 Å². The van der Waals surface area contributed by atoms with Crippen LogP contribution < -0.4 is 5.73 Å². The van der Waals surface area contributed by atoms with E-state index in [0.717, 1.165) is 6.92 Å². The zero-order valence-electron chi connectivity index (χ0n) is 8.20. The van der Waals surface area contributed by atoms with Crippen LogP contribution in [0.2, 0.25) is 0 Å². The molecule has 7 heteroatoms. The topological polar surface area (TPSA) is 133 Å². The molecule has 88 valence electrons. The lowest BCUT2D eigenvalue weighted by Gasteiger charge is -2.45. The molecule has 0 aliphatic carbocycles. The van der Waals surface area contributed by atoms with Gasteiger partial charge in [0.25, 0.3) is 0 Å². The lowest BCUT2D eigenvalue weighted by molar-refractivity contribution is -0.278. The monoisotopic (exact) mass is 221 g/mol. The van der Waals surface area contributed by atoms with Gasteiger partial charge in [-0.05, 0) is 6.92 Å². The van der Waals surface area contributed by atoms with E-state index < -0.39 is 42.5 Å². The Morgan fingerprint density at radius 3 is 2.47 bits per heavy atom. The molecule has 0 bridgehead atoms. The number of carbonyl (C=O) groups is 1. The molecule has 1 rings (SSSR count). The molecule has 0 aromatic heterocycles. The molecule has 0 spiro atoms. The molecule has 15 heavy (non-hydrogen) atoms. The van der Waals surface area contributed by atoms with Crippen molar-refractivity contribution in [3.63, 3.8) is 0 Å². The Morgan fingerprint density at radius 1 is 1.53 bits per heavy atom. The highest BCUT2D eigenvalue weighted by molar-refractivity contribution is 5.86. The third-order valence-electron chi connectivity index (χ3n) is 2.67. The van der Waals surface area contributed by atoms with E-state index in [2.05, 4.69) is 0 Å². The maximum absolute atomic E-state index is 11.2. The Morgan fingerprint density at radius 2 is 2.07 bits per heavy atom. The minimum atomic E-state index is -2.28. The molecule has 0 radical (unpaired) electrons. The average molecular weight is 221 g/mol. The first-order valence-corrected chi connectivity index (χ1v) is 4.47. The summed E-state index contributed by atoms with van der Waals surface area (Å²) >= 11 is 0. The highest BCUT2D eigenvalue weighted by Crippen LogP contribution is 2.29. The van der Waals surface area contributed by atoms with Gasteiger partial charge in [0.2, 0.25) is 0 Å². The van der Waals surface area contributed by atoms with Crippen LogP contribution >= 0.6 is 0 Å². The van der Waals surface area contributed by atoms with Crippen molar-refractivity contribution >= 4 is 5.78 Å². The van der Waals surface area contributed by atoms with Crippen LogP contribution in [-0.4, -0.2) is 63.0 Å². The van der Waals surface area contributed by atoms with Crippen LogP contribution in [0.5, 0.6) is 0 Å². The van der Waals surface area contributed by atoms with Gasteiger partial charge in [0.05, 0.1) is 12.6 Å². The standard InChI is InChI=1S/C8H15NO6/c1-3(11)8(14)4(2-10)15-7(13)5(9)6(8)12/h4-7,10,12-14H,2,9H2,1H3/t4-,5-,6-,7?,8+/m1/s1. The van der Waals surface area contributed by atoms with Gasteiger partial charge >= 0.3 is 0 Å². The number of ketones is 1. The molecular formula is C8H15NO6. The minimum Gasteiger partial charge on any atom is -0.394 e. The summed E-state index contributed by atoms with van der Waals surface area (Å²) in [6.45, 7) is 0.330. The fourth-order valence-electron chi connectivity index (χ4n) is 1.62. The second-order valence-electron chi connectivity index (χ2n) is 3.60. The van der Waals surface area contributed by atoms with Crippen LogP contribution in [0.15, 0.2) is 0 Å². The predicted molar refractivity (Wildman–Crippen MR) is 47.6 cm³/mol. The highest BCUT2D eigenvalue weighted by atomic mass is 16.6. The van der Waals surface area contributed by atoms with Gasteiger partial charge in [0.15, 0.2) is 17.7 Å². The largest absolute Gasteiger partial charge is 0.394 e. The van der Waals surface area contributed by atoms with E-state index >= 15 is 0 Å². The normalized spacial score (nSPS) is 46.5.